The lowest BCUT2D eigenvalue weighted by Gasteiger charge is -2.50. The molecular formula is C70H130N2O21. The van der Waals surface area contributed by atoms with E-state index in [0.29, 0.717) is 19.3 Å². The van der Waals surface area contributed by atoms with Crippen molar-refractivity contribution in [2.45, 2.75) is 387 Å². The summed E-state index contributed by atoms with van der Waals surface area (Å²) in [4.78, 5) is 38.6. The topological polar surface area (TPSA) is 373 Å². The third-order valence-electron chi connectivity index (χ3n) is 18.7. The molecule has 0 aromatic heterocycles. The van der Waals surface area contributed by atoms with Crippen LogP contribution in [0.1, 0.15) is 278 Å². The first-order chi connectivity index (χ1) is 44.9. The van der Waals surface area contributed by atoms with Gasteiger partial charge in [0, 0.05) is 19.8 Å². The summed E-state index contributed by atoms with van der Waals surface area (Å²) in [7, 11) is 0. The Morgan fingerprint density at radius 3 is 1.45 bits per heavy atom. The van der Waals surface area contributed by atoms with Crippen LogP contribution in [0.3, 0.4) is 0 Å². The molecule has 3 aliphatic heterocycles. The highest BCUT2D eigenvalue weighted by Gasteiger charge is 2.60. The Morgan fingerprint density at radius 1 is 0.548 bits per heavy atom. The van der Waals surface area contributed by atoms with Crippen molar-refractivity contribution < 1.29 is 104 Å². The number of aliphatic hydroxyl groups excluding tert-OH is 11. The minimum Gasteiger partial charge on any atom is -0.477 e. The van der Waals surface area contributed by atoms with Gasteiger partial charge in [0.15, 0.2) is 12.6 Å². The van der Waals surface area contributed by atoms with Gasteiger partial charge in [0.1, 0.15) is 67.1 Å². The number of amides is 2. The maximum atomic E-state index is 13.5. The predicted molar refractivity (Wildman–Crippen MR) is 352 cm³/mol. The number of hydrogen-bond donors (Lipinski definition) is 14. The van der Waals surface area contributed by atoms with Crippen LogP contribution < -0.4 is 10.6 Å². The molecule has 0 saturated carbocycles. The van der Waals surface area contributed by atoms with E-state index in [-0.39, 0.29) is 18.9 Å². The number of carbonyl (C=O) groups is 3. The number of hydrogen-bond acceptors (Lipinski definition) is 20. The van der Waals surface area contributed by atoms with Gasteiger partial charge in [0.05, 0.1) is 50.7 Å². The largest absolute Gasteiger partial charge is 0.477 e. The zero-order valence-electron chi connectivity index (χ0n) is 57.1. The minimum atomic E-state index is -3.08. The number of carboxylic acids is 1. The van der Waals surface area contributed by atoms with E-state index in [1.165, 1.54) is 173 Å². The SMILES string of the molecule is CCCCCCCCCCCCCC/C=C\CCCCCCCCCCCCCC(=O)NC(COC1OC(CO)C(OC2OC(CO)C(O)C(OC3(C(=O)O)CC(O)C(NC(C)=O)C(C(O)C(O)CO)O3)C2O)C(O)C1O)C(O)CCCCCCCCCCCCCC. The Hall–Kier alpha value is -2.53. The van der Waals surface area contributed by atoms with Crippen molar-refractivity contribution in [1.29, 1.82) is 0 Å². The second kappa shape index (κ2) is 50.7. The summed E-state index contributed by atoms with van der Waals surface area (Å²) in [5.41, 5.74) is 0. The van der Waals surface area contributed by atoms with Gasteiger partial charge in [-0.2, -0.15) is 0 Å². The summed E-state index contributed by atoms with van der Waals surface area (Å²) in [5, 5.41) is 136. The fourth-order valence-electron chi connectivity index (χ4n) is 12.9. The standard InChI is InChI=1S/C70H130N2O21/c1-4-6-8-10-12-14-16-18-19-20-21-22-23-24-25-26-27-28-29-30-31-32-34-36-38-40-42-44-57(80)72-51(52(77)43-41-39-37-35-33-17-15-13-11-9-7-5-2)49-88-67-62(84)61(83)64(56(48-75)90-67)91-68-63(85)66(60(82)55(47-74)89-68)93-70(69(86)87)45-53(78)58(71-50(3)76)65(92-70)59(81)54(79)46-73/h24-25,51-56,58-68,73-75,77-79,81-85H,4-23,26-49H2,1-3H3,(H,71,76)(H,72,80)(H,86,87)/b25-24-. The summed E-state index contributed by atoms with van der Waals surface area (Å²) < 4.78 is 34.8. The molecule has 18 unspecified atom stereocenters. The number of unbranched alkanes of at least 4 members (excludes halogenated alkanes) is 34. The first-order valence-electron chi connectivity index (χ1n) is 36.5. The van der Waals surface area contributed by atoms with Crippen LogP contribution in [0.15, 0.2) is 12.2 Å². The van der Waals surface area contributed by atoms with Gasteiger partial charge in [0.2, 0.25) is 11.8 Å². The number of nitrogens with one attached hydrogen (secondary N) is 2. The van der Waals surface area contributed by atoms with Crippen molar-refractivity contribution >= 4 is 17.8 Å². The highest BCUT2D eigenvalue weighted by atomic mass is 16.8. The third kappa shape index (κ3) is 32.8. The van der Waals surface area contributed by atoms with Crippen LogP contribution in [0.25, 0.3) is 0 Å². The Kier molecular flexibility index (Phi) is 46.2. The monoisotopic (exact) mass is 1330 g/mol. The Morgan fingerprint density at radius 2 is 1.00 bits per heavy atom. The van der Waals surface area contributed by atoms with E-state index in [1.54, 1.807) is 0 Å². The van der Waals surface area contributed by atoms with E-state index in [4.69, 9.17) is 28.4 Å². The van der Waals surface area contributed by atoms with E-state index in [0.717, 1.165) is 58.3 Å². The van der Waals surface area contributed by atoms with Crippen molar-refractivity contribution in [1.82, 2.24) is 10.6 Å². The quantitative estimate of drug-likeness (QED) is 0.0207. The molecule has 0 aromatic carbocycles. The van der Waals surface area contributed by atoms with Crippen molar-refractivity contribution in [2.24, 2.45) is 0 Å². The lowest BCUT2D eigenvalue weighted by molar-refractivity contribution is -0.386. The van der Waals surface area contributed by atoms with E-state index in [2.05, 4.69) is 36.6 Å². The van der Waals surface area contributed by atoms with E-state index in [1.807, 2.05) is 0 Å². The summed E-state index contributed by atoms with van der Waals surface area (Å²) >= 11 is 0. The molecule has 546 valence electrons. The van der Waals surface area contributed by atoms with Crippen LogP contribution in [-0.2, 0) is 42.8 Å². The molecule has 23 nitrogen and oxygen atoms in total. The molecule has 14 N–H and O–H groups in total. The molecular weight excluding hydrogens is 1200 g/mol. The molecule has 18 atom stereocenters. The predicted octanol–water partition coefficient (Wildman–Crippen LogP) is 7.46. The first kappa shape index (κ1) is 84.7. The molecule has 23 heteroatoms. The summed E-state index contributed by atoms with van der Waals surface area (Å²) in [6.07, 6.45) is 20.9. The van der Waals surface area contributed by atoms with Gasteiger partial charge in [-0.25, -0.2) is 4.79 Å². The number of aliphatic hydroxyl groups is 11. The number of carboxylic acid groups (broad SMARTS) is 1. The molecule has 2 amide bonds. The molecule has 0 aliphatic carbocycles. The normalized spacial score (nSPS) is 28.1. The fraction of sp³-hybridized carbons (Fsp3) is 0.929. The molecule has 3 rings (SSSR count). The Balaban J connectivity index is 1.51. The average Bonchev–Trinajstić information content (AvgIpc) is 0.768. The van der Waals surface area contributed by atoms with Crippen LogP contribution >= 0.6 is 0 Å². The Labute approximate surface area is 556 Å². The lowest BCUT2D eigenvalue weighted by Crippen LogP contribution is -2.70. The summed E-state index contributed by atoms with van der Waals surface area (Å²) in [5.74, 6) is -6.10. The molecule has 0 radical (unpaired) electrons. The Bertz CT molecular complexity index is 1930. The zero-order chi connectivity index (χ0) is 68.2. The smallest absolute Gasteiger partial charge is 0.364 e. The summed E-state index contributed by atoms with van der Waals surface area (Å²) in [6, 6.07) is -2.53. The highest BCUT2D eigenvalue weighted by molar-refractivity contribution is 5.77. The van der Waals surface area contributed by atoms with Crippen molar-refractivity contribution in [3.05, 3.63) is 12.2 Å². The fourth-order valence-corrected chi connectivity index (χ4v) is 12.9. The molecule has 3 aliphatic rings. The highest BCUT2D eigenvalue weighted by Crippen LogP contribution is 2.39. The van der Waals surface area contributed by atoms with Gasteiger partial charge in [0.25, 0.3) is 5.79 Å². The molecule has 93 heavy (non-hydrogen) atoms. The average molecular weight is 1340 g/mol. The van der Waals surface area contributed by atoms with Gasteiger partial charge in [-0.1, -0.05) is 231 Å². The van der Waals surface area contributed by atoms with Gasteiger partial charge in [-0.3, -0.25) is 9.59 Å². The zero-order valence-corrected chi connectivity index (χ0v) is 57.1. The second-order valence-electron chi connectivity index (χ2n) is 26.8. The first-order valence-corrected chi connectivity index (χ1v) is 36.5. The minimum absolute atomic E-state index is 0.224. The van der Waals surface area contributed by atoms with E-state index >= 15 is 0 Å². The second-order valence-corrected chi connectivity index (χ2v) is 26.8. The maximum Gasteiger partial charge on any atom is 0.364 e. The number of ether oxygens (including phenoxy) is 6. The van der Waals surface area contributed by atoms with Gasteiger partial charge < -0.3 is 100 Å². The van der Waals surface area contributed by atoms with E-state index < -0.39 is 148 Å². The lowest BCUT2D eigenvalue weighted by atomic mass is 9.88. The van der Waals surface area contributed by atoms with Gasteiger partial charge in [-0.05, 0) is 38.5 Å². The molecule has 0 bridgehead atoms. The van der Waals surface area contributed by atoms with Crippen LogP contribution in [-0.4, -0.2) is 215 Å². The van der Waals surface area contributed by atoms with Crippen molar-refractivity contribution in [3.8, 4) is 0 Å². The van der Waals surface area contributed by atoms with Gasteiger partial charge in [-0.15, -0.1) is 0 Å². The number of aliphatic carboxylic acids is 1. The van der Waals surface area contributed by atoms with Crippen molar-refractivity contribution in [2.75, 3.05) is 26.4 Å². The van der Waals surface area contributed by atoms with Crippen LogP contribution in [0.5, 0.6) is 0 Å². The molecule has 0 spiro atoms. The molecule has 0 aromatic rings. The van der Waals surface area contributed by atoms with E-state index in [9.17, 15) is 75.7 Å². The number of rotatable bonds is 56. The number of allylic oxidation sites excluding steroid dienone is 2. The van der Waals surface area contributed by atoms with Crippen molar-refractivity contribution in [3.63, 3.8) is 0 Å². The van der Waals surface area contributed by atoms with Crippen LogP contribution in [0.2, 0.25) is 0 Å². The molecule has 3 heterocycles. The summed E-state index contributed by atoms with van der Waals surface area (Å²) in [6.45, 7) is 2.21. The third-order valence-corrected chi connectivity index (χ3v) is 18.7. The molecule has 3 saturated heterocycles. The van der Waals surface area contributed by atoms with Crippen LogP contribution in [0.4, 0.5) is 0 Å². The van der Waals surface area contributed by atoms with Gasteiger partial charge >= 0.3 is 5.97 Å². The van der Waals surface area contributed by atoms with Crippen LogP contribution in [0, 0.1) is 0 Å². The number of carbonyl (C=O) groups excluding carboxylic acids is 2. The maximum absolute atomic E-state index is 13.5. The molecule has 3 fully saturated rings.